The van der Waals surface area contributed by atoms with Crippen molar-refractivity contribution >= 4 is 23.5 Å². The third-order valence-electron chi connectivity index (χ3n) is 7.09. The van der Waals surface area contributed by atoms with Crippen LogP contribution in [-0.4, -0.2) is 39.1 Å². The molecule has 0 spiro atoms. The van der Waals surface area contributed by atoms with Gasteiger partial charge in [-0.05, 0) is 75.8 Å². The van der Waals surface area contributed by atoms with E-state index in [0.717, 1.165) is 46.7 Å². The minimum Gasteiger partial charge on any atom is -0.321 e. The first-order chi connectivity index (χ1) is 16.7. The molecule has 1 aliphatic heterocycles. The topological polar surface area (TPSA) is 96.3 Å². The Kier molecular flexibility index (Phi) is 5.46. The summed E-state index contributed by atoms with van der Waals surface area (Å²) in [7, 11) is 0. The van der Waals surface area contributed by atoms with Gasteiger partial charge in [-0.1, -0.05) is 35.9 Å². The molecule has 0 radical (unpaired) electrons. The molecule has 1 unspecified atom stereocenters. The predicted octanol–water partition coefficient (Wildman–Crippen LogP) is 3.69. The van der Waals surface area contributed by atoms with Gasteiger partial charge in [-0.15, -0.1) is 0 Å². The molecule has 1 aromatic heterocycles. The number of hydrogen-bond donors (Lipinski definition) is 2. The van der Waals surface area contributed by atoms with Crippen LogP contribution in [0.5, 0.6) is 0 Å². The third-order valence-corrected chi connectivity index (χ3v) is 7.09. The van der Waals surface area contributed by atoms with E-state index in [2.05, 4.69) is 15.7 Å². The highest BCUT2D eigenvalue weighted by molar-refractivity contribution is 6.10. The molecule has 0 saturated carbocycles. The van der Waals surface area contributed by atoms with E-state index in [4.69, 9.17) is 0 Å². The first-order valence-electron chi connectivity index (χ1n) is 11.9. The van der Waals surface area contributed by atoms with E-state index in [1.165, 1.54) is 11.1 Å². The molecule has 2 aromatic carbocycles. The number of fused-ring (bicyclic) bond motifs is 1. The highest BCUT2D eigenvalue weighted by atomic mass is 16.2. The Morgan fingerprint density at radius 2 is 1.77 bits per heavy atom. The molecule has 1 aliphatic carbocycles. The number of aromatic nitrogens is 2. The number of anilines is 1. The van der Waals surface area contributed by atoms with Crippen molar-refractivity contribution in [1.82, 2.24) is 20.0 Å². The van der Waals surface area contributed by atoms with E-state index in [1.54, 1.807) is 11.6 Å². The summed E-state index contributed by atoms with van der Waals surface area (Å²) in [5.74, 6) is -0.888. The van der Waals surface area contributed by atoms with Crippen molar-refractivity contribution in [3.8, 4) is 5.69 Å². The van der Waals surface area contributed by atoms with Gasteiger partial charge in [0.1, 0.15) is 12.1 Å². The number of nitrogens with zero attached hydrogens (tertiary/aromatic N) is 3. The third kappa shape index (κ3) is 3.88. The Morgan fingerprint density at radius 1 is 1.06 bits per heavy atom. The number of carbonyl (C=O) groups excluding carboxylic acids is 3. The van der Waals surface area contributed by atoms with Crippen LogP contribution in [-0.2, 0) is 28.0 Å². The summed E-state index contributed by atoms with van der Waals surface area (Å²) < 4.78 is 1.77. The maximum Gasteiger partial charge on any atom is 0.325 e. The second-order valence-corrected chi connectivity index (χ2v) is 9.62. The van der Waals surface area contributed by atoms with Crippen molar-refractivity contribution in [2.24, 2.45) is 0 Å². The highest BCUT2D eigenvalue weighted by Gasteiger charge is 2.49. The van der Waals surface area contributed by atoms with Crippen LogP contribution >= 0.6 is 0 Å². The summed E-state index contributed by atoms with van der Waals surface area (Å²) in [6.45, 7) is 7.02. The molecule has 1 atom stereocenters. The van der Waals surface area contributed by atoms with E-state index in [-0.39, 0.29) is 6.54 Å². The summed E-state index contributed by atoms with van der Waals surface area (Å²) in [4.78, 5) is 40.0. The molecular formula is C27H29N5O3. The zero-order valence-electron chi connectivity index (χ0n) is 20.4. The number of hydrogen-bond acceptors (Lipinski definition) is 4. The lowest BCUT2D eigenvalue weighted by Crippen LogP contribution is -2.42. The maximum atomic E-state index is 13.3. The Bertz CT molecular complexity index is 1360. The first-order valence-corrected chi connectivity index (χ1v) is 11.9. The largest absolute Gasteiger partial charge is 0.325 e. The molecule has 35 heavy (non-hydrogen) atoms. The quantitative estimate of drug-likeness (QED) is 0.555. The SMILES string of the molecule is Cc1ccc(-n2nc(C)c(NC(=O)CN3C(=O)NC(C)(c4ccc5c(c4)CCC5)C3=O)c2C)cc1. The smallest absolute Gasteiger partial charge is 0.321 e. The molecule has 2 heterocycles. The lowest BCUT2D eigenvalue weighted by Gasteiger charge is -2.23. The first kappa shape index (κ1) is 22.8. The molecule has 1 fully saturated rings. The zero-order valence-corrected chi connectivity index (χ0v) is 20.4. The van der Waals surface area contributed by atoms with Crippen molar-refractivity contribution in [3.63, 3.8) is 0 Å². The van der Waals surface area contributed by atoms with Gasteiger partial charge >= 0.3 is 6.03 Å². The number of carbonyl (C=O) groups is 3. The summed E-state index contributed by atoms with van der Waals surface area (Å²) in [6, 6.07) is 13.3. The minimum absolute atomic E-state index is 0.375. The molecular weight excluding hydrogens is 442 g/mol. The van der Waals surface area contributed by atoms with Gasteiger partial charge in [0.15, 0.2) is 0 Å². The average Bonchev–Trinajstić information content (AvgIpc) is 3.47. The number of aryl methyl sites for hydroxylation is 4. The monoisotopic (exact) mass is 471 g/mol. The zero-order chi connectivity index (χ0) is 24.9. The molecule has 2 aliphatic rings. The van der Waals surface area contributed by atoms with Crippen molar-refractivity contribution in [3.05, 3.63) is 76.1 Å². The van der Waals surface area contributed by atoms with Crippen LogP contribution in [0, 0.1) is 20.8 Å². The van der Waals surface area contributed by atoms with E-state index in [1.807, 2.05) is 63.2 Å². The average molecular weight is 472 g/mol. The van der Waals surface area contributed by atoms with Gasteiger partial charge in [0, 0.05) is 0 Å². The predicted molar refractivity (Wildman–Crippen MR) is 132 cm³/mol. The van der Waals surface area contributed by atoms with E-state index in [9.17, 15) is 14.4 Å². The van der Waals surface area contributed by atoms with Crippen LogP contribution in [0.25, 0.3) is 5.69 Å². The summed E-state index contributed by atoms with van der Waals surface area (Å²) >= 11 is 0. The molecule has 5 rings (SSSR count). The Labute approximate surface area is 204 Å². The van der Waals surface area contributed by atoms with Gasteiger partial charge in [0.05, 0.1) is 22.8 Å². The lowest BCUT2D eigenvalue weighted by molar-refractivity contribution is -0.133. The van der Waals surface area contributed by atoms with E-state index >= 15 is 0 Å². The van der Waals surface area contributed by atoms with Crippen molar-refractivity contribution in [1.29, 1.82) is 0 Å². The number of imide groups is 1. The molecule has 3 aromatic rings. The number of rotatable bonds is 5. The van der Waals surface area contributed by atoms with Gasteiger partial charge < -0.3 is 10.6 Å². The van der Waals surface area contributed by atoms with Crippen LogP contribution in [0.1, 0.15) is 47.0 Å². The summed E-state index contributed by atoms with van der Waals surface area (Å²) in [6.07, 6.45) is 3.11. The molecule has 180 valence electrons. The number of nitrogens with one attached hydrogen (secondary N) is 2. The number of urea groups is 1. The lowest BCUT2D eigenvalue weighted by atomic mass is 9.89. The van der Waals surface area contributed by atoms with Gasteiger partial charge in [-0.25, -0.2) is 9.48 Å². The second-order valence-electron chi connectivity index (χ2n) is 9.62. The molecule has 1 saturated heterocycles. The van der Waals surface area contributed by atoms with Crippen molar-refractivity contribution in [2.45, 2.75) is 52.5 Å². The summed E-state index contributed by atoms with van der Waals surface area (Å²) in [5, 5.41) is 10.2. The fourth-order valence-electron chi connectivity index (χ4n) is 5.00. The standard InChI is InChI=1S/C27H29N5O3/c1-16-8-12-22(13-9-16)32-18(3)24(17(2)30-32)28-23(33)15-31-25(34)27(4,29-26(31)35)21-11-10-19-6-5-7-20(19)14-21/h8-14H,5-7,15H2,1-4H3,(H,28,33)(H,29,35). The molecule has 4 amide bonds. The number of benzene rings is 2. The van der Waals surface area contributed by atoms with Crippen molar-refractivity contribution in [2.75, 3.05) is 11.9 Å². The molecule has 2 N–H and O–H groups in total. The van der Waals surface area contributed by atoms with Crippen LogP contribution in [0.2, 0.25) is 0 Å². The van der Waals surface area contributed by atoms with Crippen LogP contribution in [0.3, 0.4) is 0 Å². The number of amides is 4. The van der Waals surface area contributed by atoms with Crippen LogP contribution in [0.15, 0.2) is 42.5 Å². The van der Waals surface area contributed by atoms with Gasteiger partial charge in [0.2, 0.25) is 5.91 Å². The van der Waals surface area contributed by atoms with Gasteiger partial charge in [-0.3, -0.25) is 14.5 Å². The Morgan fingerprint density at radius 3 is 2.51 bits per heavy atom. The second kappa shape index (κ2) is 8.37. The van der Waals surface area contributed by atoms with Gasteiger partial charge in [-0.2, -0.15) is 5.10 Å². The summed E-state index contributed by atoms with van der Waals surface area (Å²) in [5.41, 5.74) is 6.07. The van der Waals surface area contributed by atoms with E-state index < -0.39 is 23.4 Å². The Hall–Kier alpha value is -3.94. The van der Waals surface area contributed by atoms with Gasteiger partial charge in [0.25, 0.3) is 5.91 Å². The van der Waals surface area contributed by atoms with Crippen LogP contribution in [0.4, 0.5) is 10.5 Å². The highest BCUT2D eigenvalue weighted by Crippen LogP contribution is 2.32. The maximum absolute atomic E-state index is 13.3. The fourth-order valence-corrected chi connectivity index (χ4v) is 5.00. The fraction of sp³-hybridized carbons (Fsp3) is 0.333. The minimum atomic E-state index is -1.20. The molecule has 8 heteroatoms. The molecule has 0 bridgehead atoms. The van der Waals surface area contributed by atoms with Crippen LogP contribution < -0.4 is 10.6 Å². The Balaban J connectivity index is 1.33. The van der Waals surface area contributed by atoms with E-state index in [0.29, 0.717) is 11.4 Å². The van der Waals surface area contributed by atoms with Crippen molar-refractivity contribution < 1.29 is 14.4 Å². The normalized spacial score (nSPS) is 19.1. The molecule has 8 nitrogen and oxygen atoms in total.